The van der Waals surface area contributed by atoms with Crippen LogP contribution in [-0.2, 0) is 4.79 Å². The number of hydrazone groups is 1. The second kappa shape index (κ2) is 6.44. The summed E-state index contributed by atoms with van der Waals surface area (Å²) in [5.41, 5.74) is 1.66. The van der Waals surface area contributed by atoms with Gasteiger partial charge in [0.15, 0.2) is 0 Å². The molecule has 0 unspecified atom stereocenters. The highest BCUT2D eigenvalue weighted by Gasteiger charge is 2.28. The smallest absolute Gasteiger partial charge is 0.280 e. The van der Waals surface area contributed by atoms with Crippen molar-refractivity contribution in [1.29, 1.82) is 0 Å². The summed E-state index contributed by atoms with van der Waals surface area (Å²) >= 11 is 12.0. The van der Waals surface area contributed by atoms with Crippen molar-refractivity contribution >= 4 is 46.6 Å². The topological polar surface area (TPSA) is 45.8 Å². The lowest BCUT2D eigenvalue weighted by atomic mass is 10.1. The van der Waals surface area contributed by atoms with Crippen LogP contribution < -0.4 is 5.01 Å². The molecule has 0 atom stereocenters. The van der Waals surface area contributed by atoms with E-state index in [1.165, 1.54) is 5.01 Å². The zero-order valence-corrected chi connectivity index (χ0v) is 13.7. The number of benzene rings is 1. The molecule has 2 heterocycles. The highest BCUT2D eigenvalue weighted by Crippen LogP contribution is 2.29. The van der Waals surface area contributed by atoms with Crippen molar-refractivity contribution < 1.29 is 9.21 Å². The van der Waals surface area contributed by atoms with Crippen molar-refractivity contribution in [3.63, 3.8) is 0 Å². The lowest BCUT2D eigenvalue weighted by Crippen LogP contribution is -2.21. The summed E-state index contributed by atoms with van der Waals surface area (Å²) in [6.45, 7) is 1.77. The first-order chi connectivity index (χ1) is 11.0. The predicted molar refractivity (Wildman–Crippen MR) is 92.9 cm³/mol. The van der Waals surface area contributed by atoms with Crippen molar-refractivity contribution in [2.45, 2.75) is 6.92 Å². The quantitative estimate of drug-likeness (QED) is 0.738. The molecule has 0 radical (unpaired) electrons. The van der Waals surface area contributed by atoms with Gasteiger partial charge in [-0.3, -0.25) is 4.79 Å². The molecule has 1 aromatic heterocycles. The molecular formula is C17H12Cl2N2O2. The Labute approximate surface area is 143 Å². The molecule has 0 spiro atoms. The molecule has 0 fully saturated rings. The number of hydrogen-bond donors (Lipinski definition) is 0. The molecule has 1 aliphatic heterocycles. The molecule has 0 saturated heterocycles. The summed E-state index contributed by atoms with van der Waals surface area (Å²) in [6, 6.07) is 8.51. The molecule has 4 nitrogen and oxygen atoms in total. The van der Waals surface area contributed by atoms with E-state index in [0.29, 0.717) is 32.8 Å². The van der Waals surface area contributed by atoms with Crippen LogP contribution in [0.15, 0.2) is 63.8 Å². The van der Waals surface area contributed by atoms with Gasteiger partial charge >= 0.3 is 0 Å². The van der Waals surface area contributed by atoms with Gasteiger partial charge in [0.2, 0.25) is 0 Å². The summed E-state index contributed by atoms with van der Waals surface area (Å²) in [6.07, 6.45) is 6.81. The van der Waals surface area contributed by atoms with Crippen LogP contribution in [-0.4, -0.2) is 11.6 Å². The normalized spacial score (nSPS) is 16.7. The lowest BCUT2D eigenvalue weighted by Gasteiger charge is -2.12. The number of nitrogens with zero attached hydrogens (tertiary/aromatic N) is 2. The van der Waals surface area contributed by atoms with Gasteiger partial charge in [-0.1, -0.05) is 29.3 Å². The first kappa shape index (κ1) is 15.6. The van der Waals surface area contributed by atoms with Gasteiger partial charge in [0.05, 0.1) is 23.2 Å². The Morgan fingerprint density at radius 2 is 1.96 bits per heavy atom. The molecule has 0 bridgehead atoms. The van der Waals surface area contributed by atoms with Gasteiger partial charge in [0.1, 0.15) is 5.76 Å². The van der Waals surface area contributed by atoms with E-state index in [1.54, 1.807) is 55.7 Å². The maximum Gasteiger partial charge on any atom is 0.280 e. The third-order valence-electron chi connectivity index (χ3n) is 3.22. The maximum atomic E-state index is 12.5. The number of carbonyl (C=O) groups excluding carboxylic acids is 1. The van der Waals surface area contributed by atoms with Gasteiger partial charge < -0.3 is 4.42 Å². The van der Waals surface area contributed by atoms with Crippen LogP contribution in [0.4, 0.5) is 5.69 Å². The predicted octanol–water partition coefficient (Wildman–Crippen LogP) is 4.95. The number of halogens is 2. The lowest BCUT2D eigenvalue weighted by molar-refractivity contribution is -0.114. The number of amides is 1. The van der Waals surface area contributed by atoms with Crippen molar-refractivity contribution in [3.05, 3.63) is 70.1 Å². The molecule has 0 saturated carbocycles. The van der Waals surface area contributed by atoms with E-state index in [2.05, 4.69) is 5.10 Å². The Balaban J connectivity index is 1.86. The molecule has 2 aromatic rings. The molecule has 1 aliphatic rings. The Kier molecular flexibility index (Phi) is 4.37. The molecule has 1 aromatic carbocycles. The van der Waals surface area contributed by atoms with E-state index in [0.717, 1.165) is 0 Å². The van der Waals surface area contributed by atoms with Crippen LogP contribution in [0.1, 0.15) is 12.7 Å². The van der Waals surface area contributed by atoms with E-state index < -0.39 is 0 Å². The van der Waals surface area contributed by atoms with Crippen LogP contribution >= 0.6 is 23.2 Å². The van der Waals surface area contributed by atoms with E-state index >= 15 is 0 Å². The standard InChI is InChI=1S/C17H12Cl2N2O2/c1-11-16(6-2-4-15-5-3-7-23-15)17(22)21(20-11)14-9-12(18)8-13(19)10-14/h2-10H,1H3/b4-2+,16-6-. The first-order valence-corrected chi connectivity index (χ1v) is 7.58. The monoisotopic (exact) mass is 346 g/mol. The van der Waals surface area contributed by atoms with Crippen LogP contribution in [0.3, 0.4) is 0 Å². The minimum absolute atomic E-state index is 0.232. The zero-order chi connectivity index (χ0) is 16.4. The number of carbonyl (C=O) groups is 1. The third kappa shape index (κ3) is 3.38. The van der Waals surface area contributed by atoms with Gasteiger partial charge in [-0.2, -0.15) is 10.1 Å². The molecule has 0 N–H and O–H groups in total. The molecule has 116 valence electrons. The molecule has 23 heavy (non-hydrogen) atoms. The molecule has 0 aliphatic carbocycles. The van der Waals surface area contributed by atoms with E-state index in [1.807, 2.05) is 6.07 Å². The number of rotatable bonds is 3. The Hall–Kier alpha value is -2.30. The van der Waals surface area contributed by atoms with Crippen molar-refractivity contribution in [3.8, 4) is 0 Å². The van der Waals surface area contributed by atoms with E-state index in [4.69, 9.17) is 27.6 Å². The Morgan fingerprint density at radius 3 is 2.61 bits per heavy atom. The summed E-state index contributed by atoms with van der Waals surface area (Å²) < 4.78 is 5.20. The Morgan fingerprint density at radius 1 is 1.22 bits per heavy atom. The minimum atomic E-state index is -0.232. The van der Waals surface area contributed by atoms with Gasteiger partial charge in [0.25, 0.3) is 5.91 Å². The average Bonchev–Trinajstić information content (AvgIpc) is 3.09. The Bertz CT molecular complexity index is 816. The van der Waals surface area contributed by atoms with Gasteiger partial charge in [-0.05, 0) is 49.4 Å². The number of anilines is 1. The summed E-state index contributed by atoms with van der Waals surface area (Å²) in [5.74, 6) is 0.477. The van der Waals surface area contributed by atoms with E-state index in [-0.39, 0.29) is 5.91 Å². The molecule has 3 rings (SSSR count). The fourth-order valence-corrected chi connectivity index (χ4v) is 2.69. The highest BCUT2D eigenvalue weighted by atomic mass is 35.5. The van der Waals surface area contributed by atoms with E-state index in [9.17, 15) is 4.79 Å². The van der Waals surface area contributed by atoms with Crippen molar-refractivity contribution in [2.24, 2.45) is 5.10 Å². The van der Waals surface area contributed by atoms with Crippen LogP contribution in [0.25, 0.3) is 6.08 Å². The first-order valence-electron chi connectivity index (χ1n) is 6.82. The minimum Gasteiger partial charge on any atom is -0.465 e. The third-order valence-corrected chi connectivity index (χ3v) is 3.66. The maximum absolute atomic E-state index is 12.5. The van der Waals surface area contributed by atoms with Crippen LogP contribution in [0, 0.1) is 0 Å². The van der Waals surface area contributed by atoms with Gasteiger partial charge in [-0.25, -0.2) is 0 Å². The second-order valence-electron chi connectivity index (χ2n) is 4.88. The number of allylic oxidation sites excluding steroid dienone is 2. The van der Waals surface area contributed by atoms with Crippen molar-refractivity contribution in [1.82, 2.24) is 0 Å². The summed E-state index contributed by atoms with van der Waals surface area (Å²) in [4.78, 5) is 12.5. The zero-order valence-electron chi connectivity index (χ0n) is 12.2. The highest BCUT2D eigenvalue weighted by molar-refractivity contribution is 6.36. The molecule has 6 heteroatoms. The summed E-state index contributed by atoms with van der Waals surface area (Å²) in [5, 5.41) is 6.46. The SMILES string of the molecule is CC1=NN(c2cc(Cl)cc(Cl)c2)C(=O)/C1=C\C=C\c1ccco1. The number of hydrogen-bond acceptors (Lipinski definition) is 3. The summed E-state index contributed by atoms with van der Waals surface area (Å²) in [7, 11) is 0. The average molecular weight is 347 g/mol. The molecule has 1 amide bonds. The number of furan rings is 1. The fourth-order valence-electron chi connectivity index (χ4n) is 2.17. The second-order valence-corrected chi connectivity index (χ2v) is 5.76. The largest absolute Gasteiger partial charge is 0.465 e. The van der Waals surface area contributed by atoms with Crippen LogP contribution in [0.5, 0.6) is 0 Å². The van der Waals surface area contributed by atoms with Crippen molar-refractivity contribution in [2.75, 3.05) is 5.01 Å². The van der Waals surface area contributed by atoms with Gasteiger partial charge in [0, 0.05) is 10.0 Å². The fraction of sp³-hybridized carbons (Fsp3) is 0.0588. The molecular weight excluding hydrogens is 335 g/mol. The van der Waals surface area contributed by atoms with Gasteiger partial charge in [-0.15, -0.1) is 0 Å². The van der Waals surface area contributed by atoms with Crippen LogP contribution in [0.2, 0.25) is 10.0 Å².